The van der Waals surface area contributed by atoms with Crippen LogP contribution in [-0.2, 0) is 9.47 Å². The van der Waals surface area contributed by atoms with Crippen molar-refractivity contribution in [3.05, 3.63) is 26.0 Å². The normalized spacial score (nSPS) is 15.3. The maximum absolute atomic E-state index is 12.6. The largest absolute Gasteiger partial charge is 0.462 e. The topological polar surface area (TPSA) is 85.2 Å². The highest BCUT2D eigenvalue weighted by Crippen LogP contribution is 2.35. The number of nitrogens with one attached hydrogen (secondary N) is 1. The fourth-order valence-corrected chi connectivity index (χ4v) is 5.15. The van der Waals surface area contributed by atoms with Crippen LogP contribution in [0.3, 0.4) is 0 Å². The third-order valence-electron chi connectivity index (χ3n) is 4.70. The molecule has 30 heavy (non-hydrogen) atoms. The van der Waals surface area contributed by atoms with E-state index in [2.05, 4.69) is 53.8 Å². The second-order valence-electron chi connectivity index (χ2n) is 8.11. The number of piperidine rings is 1. The highest BCUT2D eigenvalue weighted by Gasteiger charge is 2.29. The van der Waals surface area contributed by atoms with E-state index in [0.29, 0.717) is 25.3 Å². The van der Waals surface area contributed by atoms with E-state index in [1.807, 2.05) is 31.4 Å². The number of halogens is 2. The van der Waals surface area contributed by atoms with Crippen molar-refractivity contribution in [3.63, 3.8) is 0 Å². The van der Waals surface area contributed by atoms with Gasteiger partial charge >= 0.3 is 12.1 Å². The number of anilines is 1. The number of esters is 1. The number of fused-ring (bicyclic) bond motifs is 1. The van der Waals surface area contributed by atoms with Gasteiger partial charge in [-0.25, -0.2) is 14.1 Å². The number of rotatable bonds is 4. The van der Waals surface area contributed by atoms with Crippen LogP contribution in [0.5, 0.6) is 0 Å². The number of carbonyl (C=O) groups is 2. The Hall–Kier alpha value is -1.56. The zero-order chi connectivity index (χ0) is 22.1. The molecule has 2 aromatic heterocycles. The molecule has 10 heteroatoms. The van der Waals surface area contributed by atoms with Crippen molar-refractivity contribution in [3.8, 4) is 0 Å². The van der Waals surface area contributed by atoms with Gasteiger partial charge in [0.05, 0.1) is 18.5 Å². The van der Waals surface area contributed by atoms with Crippen LogP contribution < -0.4 is 10.2 Å². The predicted octanol–water partition coefficient (Wildman–Crippen LogP) is 4.37. The molecule has 8 nitrogen and oxygen atoms in total. The summed E-state index contributed by atoms with van der Waals surface area (Å²) in [4.78, 5) is 26.9. The smallest absolute Gasteiger partial charge is 0.407 e. The molecule has 1 aliphatic rings. The Balaban J connectivity index is 1.84. The fourth-order valence-electron chi connectivity index (χ4n) is 3.47. The molecule has 3 rings (SSSR count). The van der Waals surface area contributed by atoms with Crippen molar-refractivity contribution in [1.82, 2.24) is 14.9 Å². The average molecular weight is 593 g/mol. The quantitative estimate of drug-likeness (QED) is 0.419. The molecule has 0 aromatic carbocycles. The van der Waals surface area contributed by atoms with Gasteiger partial charge in [0.25, 0.3) is 0 Å². The van der Waals surface area contributed by atoms with Crippen molar-refractivity contribution in [2.45, 2.75) is 52.2 Å². The van der Waals surface area contributed by atoms with Crippen LogP contribution in [0.25, 0.3) is 5.52 Å². The van der Waals surface area contributed by atoms with E-state index in [1.165, 1.54) is 0 Å². The maximum Gasteiger partial charge on any atom is 0.407 e. The summed E-state index contributed by atoms with van der Waals surface area (Å²) < 4.78 is 14.3. The molecule has 1 aliphatic heterocycles. The summed E-state index contributed by atoms with van der Waals surface area (Å²) in [7, 11) is 0. The van der Waals surface area contributed by atoms with E-state index in [4.69, 9.17) is 9.47 Å². The molecule has 0 radical (unpaired) electrons. The molecular weight excluding hydrogens is 567 g/mol. The maximum atomic E-state index is 12.6. The molecule has 2 aromatic rings. The molecule has 0 saturated carbocycles. The number of nitrogens with zero attached hydrogens (tertiary/aromatic N) is 3. The number of aromatic nitrogens is 2. The molecule has 0 aliphatic carbocycles. The van der Waals surface area contributed by atoms with Gasteiger partial charge in [-0.1, -0.05) is 0 Å². The van der Waals surface area contributed by atoms with E-state index < -0.39 is 11.7 Å². The first kappa shape index (κ1) is 23.1. The lowest BCUT2D eigenvalue weighted by molar-refractivity contribution is 0.0495. The van der Waals surface area contributed by atoms with Crippen LogP contribution >= 0.6 is 38.5 Å². The van der Waals surface area contributed by atoms with Gasteiger partial charge in [-0.05, 0) is 85.1 Å². The van der Waals surface area contributed by atoms with Gasteiger partial charge < -0.3 is 19.7 Å². The summed E-state index contributed by atoms with van der Waals surface area (Å²) in [6.45, 7) is 8.98. The second kappa shape index (κ2) is 9.29. The molecule has 0 bridgehead atoms. The van der Waals surface area contributed by atoms with E-state index >= 15 is 0 Å². The first-order valence-corrected chi connectivity index (χ1v) is 11.7. The molecule has 1 fully saturated rings. The van der Waals surface area contributed by atoms with Gasteiger partial charge in [-0.15, -0.1) is 0 Å². The molecule has 1 N–H and O–H groups in total. The Morgan fingerprint density at radius 3 is 2.60 bits per heavy atom. The molecule has 1 amide bonds. The van der Waals surface area contributed by atoms with Crippen LogP contribution in [-0.4, -0.2) is 53.0 Å². The van der Waals surface area contributed by atoms with Gasteiger partial charge in [0.2, 0.25) is 0 Å². The van der Waals surface area contributed by atoms with Crippen molar-refractivity contribution in [2.75, 3.05) is 24.6 Å². The number of hydrogen-bond acceptors (Lipinski definition) is 6. The van der Waals surface area contributed by atoms with E-state index in [9.17, 15) is 9.59 Å². The van der Waals surface area contributed by atoms with Crippen LogP contribution in [0.1, 0.15) is 50.9 Å². The lowest BCUT2D eigenvalue weighted by atomic mass is 10.0. The Kier molecular flexibility index (Phi) is 7.16. The Morgan fingerprint density at radius 2 is 2.00 bits per heavy atom. The Morgan fingerprint density at radius 1 is 1.33 bits per heavy atom. The average Bonchev–Trinajstić information content (AvgIpc) is 2.94. The zero-order valence-corrected chi connectivity index (χ0v) is 21.2. The summed E-state index contributed by atoms with van der Waals surface area (Å²) in [5, 5.41) is 7.38. The number of carbonyl (C=O) groups excluding carboxylic acids is 2. The summed E-state index contributed by atoms with van der Waals surface area (Å²) in [6.07, 6.45) is 2.65. The van der Waals surface area contributed by atoms with E-state index in [0.717, 1.165) is 32.2 Å². The Labute approximate surface area is 197 Å². The molecule has 0 atom stereocenters. The lowest BCUT2D eigenvalue weighted by Crippen LogP contribution is -2.46. The monoisotopic (exact) mass is 592 g/mol. The number of alkyl carbamates (subject to hydrolysis) is 1. The highest BCUT2D eigenvalue weighted by molar-refractivity contribution is 14.1. The standard InChI is InChI=1S/C20H26BrIN4O4/c1-5-29-18(27)13-11-23-26-15(22)10-14(21)17(26)16(13)25-8-6-12(7-9-25)24-19(28)30-20(2,3)4/h10-12H,5-9H2,1-4H3,(H,24,28). The van der Waals surface area contributed by atoms with E-state index in [1.54, 1.807) is 13.1 Å². The van der Waals surface area contributed by atoms with Gasteiger partial charge in [-0.3, -0.25) is 0 Å². The van der Waals surface area contributed by atoms with Crippen molar-refractivity contribution in [1.29, 1.82) is 0 Å². The van der Waals surface area contributed by atoms with Crippen molar-refractivity contribution in [2.24, 2.45) is 0 Å². The Bertz CT molecular complexity index is 948. The number of amides is 1. The molecule has 1 saturated heterocycles. The SMILES string of the molecule is CCOC(=O)c1cnn2c(I)cc(Br)c2c1N1CCC(NC(=O)OC(C)(C)C)CC1. The molecule has 164 valence electrons. The summed E-state index contributed by atoms with van der Waals surface area (Å²) in [5.41, 5.74) is 1.55. The summed E-state index contributed by atoms with van der Waals surface area (Å²) >= 11 is 5.83. The molecule has 3 heterocycles. The minimum atomic E-state index is -0.527. The minimum Gasteiger partial charge on any atom is -0.462 e. The highest BCUT2D eigenvalue weighted by atomic mass is 127. The van der Waals surface area contributed by atoms with Gasteiger partial charge in [0.15, 0.2) is 0 Å². The summed E-state index contributed by atoms with van der Waals surface area (Å²) in [6, 6.07) is 1.99. The van der Waals surface area contributed by atoms with Crippen LogP contribution in [0.15, 0.2) is 16.7 Å². The predicted molar refractivity (Wildman–Crippen MR) is 126 cm³/mol. The van der Waals surface area contributed by atoms with Crippen LogP contribution in [0.2, 0.25) is 0 Å². The van der Waals surface area contributed by atoms with Crippen molar-refractivity contribution >= 4 is 61.8 Å². The minimum absolute atomic E-state index is 0.0235. The van der Waals surface area contributed by atoms with Gasteiger partial charge in [0.1, 0.15) is 20.4 Å². The third kappa shape index (κ3) is 5.19. The lowest BCUT2D eigenvalue weighted by Gasteiger charge is -2.35. The second-order valence-corrected chi connectivity index (χ2v) is 10.1. The van der Waals surface area contributed by atoms with Gasteiger partial charge in [0, 0.05) is 23.6 Å². The molecule has 0 unspecified atom stereocenters. The van der Waals surface area contributed by atoms with E-state index in [-0.39, 0.29) is 12.0 Å². The van der Waals surface area contributed by atoms with Gasteiger partial charge in [-0.2, -0.15) is 5.10 Å². The van der Waals surface area contributed by atoms with Crippen LogP contribution in [0, 0.1) is 3.70 Å². The zero-order valence-electron chi connectivity index (χ0n) is 17.5. The molecular formula is C20H26BrIN4O4. The number of hydrogen-bond donors (Lipinski definition) is 1. The third-order valence-corrected chi connectivity index (χ3v) is 6.07. The first-order valence-electron chi connectivity index (χ1n) is 9.88. The van der Waals surface area contributed by atoms with Crippen LogP contribution in [0.4, 0.5) is 10.5 Å². The molecule has 0 spiro atoms. The first-order chi connectivity index (χ1) is 14.1. The number of ether oxygens (including phenoxy) is 2. The summed E-state index contributed by atoms with van der Waals surface area (Å²) in [5.74, 6) is -0.389. The fraction of sp³-hybridized carbons (Fsp3) is 0.550. The van der Waals surface area contributed by atoms with Crippen molar-refractivity contribution < 1.29 is 19.1 Å².